The van der Waals surface area contributed by atoms with Crippen molar-refractivity contribution in [2.75, 3.05) is 19.5 Å². The maximum atomic E-state index is 11.8. The normalized spacial score (nSPS) is 12.4. The summed E-state index contributed by atoms with van der Waals surface area (Å²) in [5.41, 5.74) is 6.35. The molecule has 1 heterocycles. The van der Waals surface area contributed by atoms with E-state index in [0.717, 1.165) is 0 Å². The summed E-state index contributed by atoms with van der Waals surface area (Å²) in [6.07, 6.45) is 1.65. The predicted octanol–water partition coefficient (Wildman–Crippen LogP) is 0.250. The molecular formula is C10H18N4O2. The lowest BCUT2D eigenvalue weighted by Gasteiger charge is -2.11. The maximum absolute atomic E-state index is 11.8. The maximum Gasteiger partial charge on any atom is 0.274 e. The van der Waals surface area contributed by atoms with Gasteiger partial charge >= 0.3 is 0 Å². The van der Waals surface area contributed by atoms with Crippen LogP contribution in [-0.4, -0.2) is 35.4 Å². The number of hydrogen-bond acceptors (Lipinski definition) is 4. The monoisotopic (exact) mass is 226 g/mol. The lowest BCUT2D eigenvalue weighted by Crippen LogP contribution is -2.36. The largest absolute Gasteiger partial charge is 0.396 e. The third-order valence-electron chi connectivity index (χ3n) is 2.12. The number of nitrogen functional groups attached to an aromatic ring is 1. The van der Waals surface area contributed by atoms with E-state index in [1.54, 1.807) is 18.0 Å². The molecule has 0 aliphatic rings. The molecule has 1 amide bonds. The average Bonchev–Trinajstić information content (AvgIpc) is 2.60. The Morgan fingerprint density at radius 3 is 2.94 bits per heavy atom. The molecule has 3 N–H and O–H groups in total. The molecule has 16 heavy (non-hydrogen) atoms. The second-order valence-corrected chi connectivity index (χ2v) is 3.62. The molecule has 1 unspecified atom stereocenters. The van der Waals surface area contributed by atoms with Crippen molar-refractivity contribution < 1.29 is 9.53 Å². The molecule has 1 aromatic rings. The minimum absolute atomic E-state index is 0.0660. The van der Waals surface area contributed by atoms with Crippen molar-refractivity contribution in [2.24, 2.45) is 0 Å². The number of nitrogens with zero attached hydrogens (tertiary/aromatic N) is 2. The molecule has 0 saturated heterocycles. The molecule has 0 fully saturated rings. The van der Waals surface area contributed by atoms with Crippen molar-refractivity contribution in [1.82, 2.24) is 15.1 Å². The molecule has 0 bridgehead atoms. The lowest BCUT2D eigenvalue weighted by atomic mass is 10.3. The summed E-state index contributed by atoms with van der Waals surface area (Å²) in [5.74, 6) is -0.269. The van der Waals surface area contributed by atoms with Gasteiger partial charge in [0.25, 0.3) is 5.91 Å². The summed E-state index contributed by atoms with van der Waals surface area (Å²) >= 11 is 0. The van der Waals surface area contributed by atoms with Gasteiger partial charge in [0.2, 0.25) is 0 Å². The van der Waals surface area contributed by atoms with Crippen molar-refractivity contribution >= 4 is 11.6 Å². The summed E-state index contributed by atoms with van der Waals surface area (Å²) in [6.45, 7) is 4.93. The Balaban J connectivity index is 2.68. The molecular weight excluding hydrogens is 208 g/mol. The molecule has 0 aromatic carbocycles. The summed E-state index contributed by atoms with van der Waals surface area (Å²) in [7, 11) is 1.59. The van der Waals surface area contributed by atoms with Gasteiger partial charge in [-0.15, -0.1) is 0 Å². The van der Waals surface area contributed by atoms with Gasteiger partial charge in [-0.25, -0.2) is 0 Å². The van der Waals surface area contributed by atoms with Gasteiger partial charge in [0.15, 0.2) is 5.69 Å². The first-order chi connectivity index (χ1) is 7.58. The van der Waals surface area contributed by atoms with Gasteiger partial charge in [0.1, 0.15) is 0 Å². The number of aryl methyl sites for hydroxylation is 1. The Morgan fingerprint density at radius 1 is 1.75 bits per heavy atom. The number of amides is 1. The van der Waals surface area contributed by atoms with Crippen LogP contribution in [0, 0.1) is 0 Å². The first-order valence-corrected chi connectivity index (χ1v) is 5.21. The quantitative estimate of drug-likeness (QED) is 0.754. The van der Waals surface area contributed by atoms with E-state index < -0.39 is 0 Å². The van der Waals surface area contributed by atoms with E-state index in [9.17, 15) is 4.79 Å². The van der Waals surface area contributed by atoms with Gasteiger partial charge in [-0.3, -0.25) is 9.48 Å². The van der Waals surface area contributed by atoms with Crippen LogP contribution in [0.15, 0.2) is 6.20 Å². The number of carbonyl (C=O) groups is 1. The Morgan fingerprint density at radius 2 is 2.44 bits per heavy atom. The van der Waals surface area contributed by atoms with E-state index in [0.29, 0.717) is 18.8 Å². The van der Waals surface area contributed by atoms with Gasteiger partial charge < -0.3 is 15.8 Å². The standard InChI is InChI=1S/C10H18N4O2/c1-4-14-5-8(11)9(13-14)10(15)12-7(2)6-16-3/h5,7H,4,6,11H2,1-3H3,(H,12,15). The van der Waals surface area contributed by atoms with E-state index in [-0.39, 0.29) is 17.6 Å². The van der Waals surface area contributed by atoms with Gasteiger partial charge in [0, 0.05) is 25.9 Å². The van der Waals surface area contributed by atoms with Crippen LogP contribution in [0.1, 0.15) is 24.3 Å². The van der Waals surface area contributed by atoms with Crippen LogP contribution in [0.3, 0.4) is 0 Å². The fraction of sp³-hybridized carbons (Fsp3) is 0.600. The van der Waals surface area contributed by atoms with Crippen molar-refractivity contribution in [3.63, 3.8) is 0 Å². The molecule has 0 aliphatic carbocycles. The van der Waals surface area contributed by atoms with Crippen LogP contribution in [0.5, 0.6) is 0 Å². The summed E-state index contributed by atoms with van der Waals surface area (Å²) in [6, 6.07) is -0.0660. The third-order valence-corrected chi connectivity index (χ3v) is 2.12. The SMILES string of the molecule is CCn1cc(N)c(C(=O)NC(C)COC)n1. The topological polar surface area (TPSA) is 82.2 Å². The molecule has 0 saturated carbocycles. The fourth-order valence-electron chi connectivity index (χ4n) is 1.36. The van der Waals surface area contributed by atoms with Gasteiger partial charge in [-0.1, -0.05) is 0 Å². The zero-order chi connectivity index (χ0) is 12.1. The highest BCUT2D eigenvalue weighted by atomic mass is 16.5. The lowest BCUT2D eigenvalue weighted by molar-refractivity contribution is 0.0900. The minimum atomic E-state index is -0.269. The smallest absolute Gasteiger partial charge is 0.274 e. The number of rotatable bonds is 5. The van der Waals surface area contributed by atoms with Crippen molar-refractivity contribution in [3.05, 3.63) is 11.9 Å². The Hall–Kier alpha value is -1.56. The number of nitrogens with one attached hydrogen (secondary N) is 1. The highest BCUT2D eigenvalue weighted by Gasteiger charge is 2.16. The van der Waals surface area contributed by atoms with Gasteiger partial charge in [0.05, 0.1) is 12.3 Å². The van der Waals surface area contributed by atoms with E-state index in [4.69, 9.17) is 10.5 Å². The van der Waals surface area contributed by atoms with Crippen molar-refractivity contribution in [3.8, 4) is 0 Å². The van der Waals surface area contributed by atoms with Crippen molar-refractivity contribution in [1.29, 1.82) is 0 Å². The second kappa shape index (κ2) is 5.50. The first-order valence-electron chi connectivity index (χ1n) is 5.21. The number of carbonyl (C=O) groups excluding carboxylic acids is 1. The Labute approximate surface area is 94.8 Å². The second-order valence-electron chi connectivity index (χ2n) is 3.62. The molecule has 0 spiro atoms. The molecule has 1 rings (SSSR count). The first kappa shape index (κ1) is 12.5. The highest BCUT2D eigenvalue weighted by molar-refractivity contribution is 5.97. The number of ether oxygens (including phenoxy) is 1. The number of nitrogens with two attached hydrogens (primary N) is 1. The molecule has 6 heteroatoms. The van der Waals surface area contributed by atoms with E-state index >= 15 is 0 Å². The summed E-state index contributed by atoms with van der Waals surface area (Å²) in [5, 5.41) is 6.84. The van der Waals surface area contributed by atoms with Crippen LogP contribution in [0.4, 0.5) is 5.69 Å². The average molecular weight is 226 g/mol. The Kier molecular flexibility index (Phi) is 4.30. The van der Waals surface area contributed by atoms with Crippen molar-refractivity contribution in [2.45, 2.75) is 26.4 Å². The van der Waals surface area contributed by atoms with E-state index in [2.05, 4.69) is 10.4 Å². The van der Waals surface area contributed by atoms with Gasteiger partial charge in [-0.2, -0.15) is 5.10 Å². The number of methoxy groups -OCH3 is 1. The van der Waals surface area contributed by atoms with E-state index in [1.807, 2.05) is 13.8 Å². The number of anilines is 1. The Bertz CT molecular complexity index is 362. The predicted molar refractivity (Wildman–Crippen MR) is 61.1 cm³/mol. The van der Waals surface area contributed by atoms with Crippen LogP contribution in [-0.2, 0) is 11.3 Å². The number of aromatic nitrogens is 2. The summed E-state index contributed by atoms with van der Waals surface area (Å²) < 4.78 is 6.56. The number of hydrogen-bond donors (Lipinski definition) is 2. The molecule has 1 aromatic heterocycles. The van der Waals surface area contributed by atoms with Crippen LogP contribution in [0.2, 0.25) is 0 Å². The summed E-state index contributed by atoms with van der Waals surface area (Å²) in [4.78, 5) is 11.8. The minimum Gasteiger partial charge on any atom is -0.396 e. The molecule has 0 aliphatic heterocycles. The molecule has 6 nitrogen and oxygen atoms in total. The molecule has 90 valence electrons. The zero-order valence-electron chi connectivity index (χ0n) is 9.86. The third kappa shape index (κ3) is 2.96. The highest BCUT2D eigenvalue weighted by Crippen LogP contribution is 2.08. The fourth-order valence-corrected chi connectivity index (χ4v) is 1.36. The van der Waals surface area contributed by atoms with Crippen LogP contribution < -0.4 is 11.1 Å². The van der Waals surface area contributed by atoms with Gasteiger partial charge in [-0.05, 0) is 13.8 Å². The van der Waals surface area contributed by atoms with Crippen LogP contribution >= 0.6 is 0 Å². The molecule has 1 atom stereocenters. The molecule has 0 radical (unpaired) electrons. The van der Waals surface area contributed by atoms with E-state index in [1.165, 1.54) is 0 Å². The zero-order valence-corrected chi connectivity index (χ0v) is 9.86. The van der Waals surface area contributed by atoms with Crippen LogP contribution in [0.25, 0.3) is 0 Å².